The summed E-state index contributed by atoms with van der Waals surface area (Å²) < 4.78 is 0. The Bertz CT molecular complexity index is 291. The van der Waals surface area contributed by atoms with Gasteiger partial charge < -0.3 is 15.5 Å². The molecule has 0 saturated carbocycles. The predicted molar refractivity (Wildman–Crippen MR) is 62.5 cm³/mol. The molecule has 0 aliphatic heterocycles. The van der Waals surface area contributed by atoms with Crippen molar-refractivity contribution in [3.63, 3.8) is 0 Å². The van der Waals surface area contributed by atoms with Crippen LogP contribution in [0.2, 0.25) is 0 Å². The Morgan fingerprint density at radius 3 is 2.00 bits per heavy atom. The molecule has 0 spiro atoms. The average Bonchev–Trinajstić information content (AvgIpc) is 2.28. The van der Waals surface area contributed by atoms with Crippen LogP contribution in [0.3, 0.4) is 0 Å². The average molecular weight is 210 g/mol. The first kappa shape index (κ1) is 11.5. The maximum Gasteiger partial charge on any atom is 0.231 e. The monoisotopic (exact) mass is 210 g/mol. The van der Waals surface area contributed by atoms with E-state index in [1.54, 1.807) is 14.1 Å². The van der Waals surface area contributed by atoms with Gasteiger partial charge in [-0.3, -0.25) is 0 Å². The molecule has 0 aliphatic carbocycles. The summed E-state index contributed by atoms with van der Waals surface area (Å²) >= 11 is 0. The second kappa shape index (κ2) is 5.33. The Hall–Kier alpha value is -1.59. The SMILES string of the molecule is CCCN(C)c1nc(NC)nc(NC)n1. The van der Waals surface area contributed by atoms with Gasteiger partial charge in [-0.25, -0.2) is 0 Å². The molecule has 1 heterocycles. The third-order valence-electron chi connectivity index (χ3n) is 1.97. The van der Waals surface area contributed by atoms with Gasteiger partial charge in [-0.2, -0.15) is 15.0 Å². The van der Waals surface area contributed by atoms with E-state index in [2.05, 4.69) is 32.5 Å². The van der Waals surface area contributed by atoms with Gasteiger partial charge in [0.25, 0.3) is 0 Å². The van der Waals surface area contributed by atoms with Crippen LogP contribution >= 0.6 is 0 Å². The van der Waals surface area contributed by atoms with Gasteiger partial charge >= 0.3 is 0 Å². The normalized spacial score (nSPS) is 9.87. The molecule has 2 N–H and O–H groups in total. The Balaban J connectivity index is 2.95. The second-order valence-electron chi connectivity index (χ2n) is 3.20. The van der Waals surface area contributed by atoms with E-state index < -0.39 is 0 Å². The van der Waals surface area contributed by atoms with E-state index in [4.69, 9.17) is 0 Å². The highest BCUT2D eigenvalue weighted by Crippen LogP contribution is 2.11. The van der Waals surface area contributed by atoms with E-state index in [0.29, 0.717) is 17.8 Å². The van der Waals surface area contributed by atoms with Crippen LogP contribution in [0.4, 0.5) is 17.8 Å². The van der Waals surface area contributed by atoms with Crippen molar-refractivity contribution in [1.29, 1.82) is 0 Å². The van der Waals surface area contributed by atoms with E-state index in [-0.39, 0.29) is 0 Å². The smallest absolute Gasteiger partial charge is 0.231 e. The maximum atomic E-state index is 4.27. The number of hydrogen-bond donors (Lipinski definition) is 2. The largest absolute Gasteiger partial charge is 0.357 e. The van der Waals surface area contributed by atoms with E-state index in [9.17, 15) is 0 Å². The van der Waals surface area contributed by atoms with Gasteiger partial charge in [0.2, 0.25) is 17.8 Å². The van der Waals surface area contributed by atoms with Gasteiger partial charge in [0, 0.05) is 27.7 Å². The van der Waals surface area contributed by atoms with E-state index in [0.717, 1.165) is 13.0 Å². The van der Waals surface area contributed by atoms with Crippen LogP contribution in [0.5, 0.6) is 0 Å². The summed E-state index contributed by atoms with van der Waals surface area (Å²) in [6.45, 7) is 3.05. The molecule has 1 rings (SSSR count). The number of nitrogens with one attached hydrogen (secondary N) is 2. The molecule has 0 bridgehead atoms. The van der Waals surface area contributed by atoms with Crippen molar-refractivity contribution in [2.24, 2.45) is 0 Å². The number of aromatic nitrogens is 3. The molecule has 0 saturated heterocycles. The lowest BCUT2D eigenvalue weighted by atomic mass is 10.4. The number of anilines is 3. The lowest BCUT2D eigenvalue weighted by Crippen LogP contribution is -2.21. The Morgan fingerprint density at radius 2 is 1.60 bits per heavy atom. The summed E-state index contributed by atoms with van der Waals surface area (Å²) in [6, 6.07) is 0. The molecular weight excluding hydrogens is 192 g/mol. The molecule has 0 fully saturated rings. The Morgan fingerprint density at radius 1 is 1.07 bits per heavy atom. The summed E-state index contributed by atoms with van der Waals surface area (Å²) in [5.74, 6) is 1.83. The third kappa shape index (κ3) is 2.93. The van der Waals surface area contributed by atoms with Crippen molar-refractivity contribution in [2.45, 2.75) is 13.3 Å². The standard InChI is InChI=1S/C9H18N6/c1-5-6-15(4)9-13-7(10-2)12-8(11-3)14-9/h5-6H2,1-4H3,(H2,10,11,12,13,14). The second-order valence-corrected chi connectivity index (χ2v) is 3.20. The summed E-state index contributed by atoms with van der Waals surface area (Å²) in [6.07, 6.45) is 1.06. The van der Waals surface area contributed by atoms with Crippen LogP contribution in [0.1, 0.15) is 13.3 Å². The van der Waals surface area contributed by atoms with Crippen molar-refractivity contribution in [3.05, 3.63) is 0 Å². The molecule has 0 unspecified atom stereocenters. The fourth-order valence-electron chi connectivity index (χ4n) is 1.19. The lowest BCUT2D eigenvalue weighted by Gasteiger charge is -2.16. The van der Waals surface area contributed by atoms with Crippen molar-refractivity contribution in [1.82, 2.24) is 15.0 Å². The minimum Gasteiger partial charge on any atom is -0.357 e. The van der Waals surface area contributed by atoms with Gasteiger partial charge in [-0.05, 0) is 6.42 Å². The quantitative estimate of drug-likeness (QED) is 0.749. The summed E-state index contributed by atoms with van der Waals surface area (Å²) in [7, 11) is 5.55. The van der Waals surface area contributed by atoms with Gasteiger partial charge in [-0.15, -0.1) is 0 Å². The molecule has 0 amide bonds. The zero-order chi connectivity index (χ0) is 11.3. The van der Waals surface area contributed by atoms with Crippen LogP contribution in [-0.2, 0) is 0 Å². The zero-order valence-electron chi connectivity index (χ0n) is 9.70. The molecule has 0 radical (unpaired) electrons. The first-order valence-corrected chi connectivity index (χ1v) is 5.04. The molecule has 0 aromatic carbocycles. The fraction of sp³-hybridized carbons (Fsp3) is 0.667. The van der Waals surface area contributed by atoms with Crippen LogP contribution < -0.4 is 15.5 Å². The summed E-state index contributed by atoms with van der Waals surface area (Å²) in [5.41, 5.74) is 0. The van der Waals surface area contributed by atoms with Crippen molar-refractivity contribution >= 4 is 17.8 Å². The highest BCUT2D eigenvalue weighted by Gasteiger charge is 2.07. The molecule has 6 nitrogen and oxygen atoms in total. The van der Waals surface area contributed by atoms with Gasteiger partial charge in [0.1, 0.15) is 0 Å². The Labute approximate surface area is 90.1 Å². The molecular formula is C9H18N6. The predicted octanol–water partition coefficient (Wildman–Crippen LogP) is 0.801. The third-order valence-corrected chi connectivity index (χ3v) is 1.97. The van der Waals surface area contributed by atoms with E-state index >= 15 is 0 Å². The van der Waals surface area contributed by atoms with Crippen LogP contribution in [0, 0.1) is 0 Å². The molecule has 84 valence electrons. The summed E-state index contributed by atoms with van der Waals surface area (Å²) in [4.78, 5) is 14.7. The van der Waals surface area contributed by atoms with Gasteiger partial charge in [-0.1, -0.05) is 6.92 Å². The molecule has 1 aromatic heterocycles. The van der Waals surface area contributed by atoms with Crippen LogP contribution in [-0.4, -0.2) is 42.6 Å². The van der Waals surface area contributed by atoms with E-state index in [1.165, 1.54) is 0 Å². The molecule has 1 aromatic rings. The van der Waals surface area contributed by atoms with E-state index in [1.807, 2.05) is 11.9 Å². The number of nitrogens with zero attached hydrogens (tertiary/aromatic N) is 4. The molecule has 6 heteroatoms. The van der Waals surface area contributed by atoms with Crippen molar-refractivity contribution < 1.29 is 0 Å². The maximum absolute atomic E-state index is 4.27. The molecule has 0 atom stereocenters. The minimum atomic E-state index is 0.576. The summed E-state index contributed by atoms with van der Waals surface area (Å²) in [5, 5.41) is 5.82. The zero-order valence-corrected chi connectivity index (χ0v) is 9.70. The highest BCUT2D eigenvalue weighted by atomic mass is 15.3. The number of rotatable bonds is 5. The minimum absolute atomic E-state index is 0.576. The topological polar surface area (TPSA) is 66.0 Å². The van der Waals surface area contributed by atoms with Crippen molar-refractivity contribution in [2.75, 3.05) is 43.2 Å². The van der Waals surface area contributed by atoms with Gasteiger partial charge in [0.05, 0.1) is 0 Å². The molecule has 15 heavy (non-hydrogen) atoms. The first-order chi connectivity index (χ1) is 7.21. The Kier molecular flexibility index (Phi) is 4.08. The van der Waals surface area contributed by atoms with Gasteiger partial charge in [0.15, 0.2) is 0 Å². The highest BCUT2D eigenvalue weighted by molar-refractivity contribution is 5.42. The van der Waals surface area contributed by atoms with Crippen LogP contribution in [0.15, 0.2) is 0 Å². The van der Waals surface area contributed by atoms with Crippen molar-refractivity contribution in [3.8, 4) is 0 Å². The van der Waals surface area contributed by atoms with Crippen LogP contribution in [0.25, 0.3) is 0 Å². The number of hydrogen-bond acceptors (Lipinski definition) is 6. The fourth-order valence-corrected chi connectivity index (χ4v) is 1.19. The first-order valence-electron chi connectivity index (χ1n) is 5.04. The lowest BCUT2D eigenvalue weighted by molar-refractivity contribution is 0.813. The molecule has 0 aliphatic rings.